The summed E-state index contributed by atoms with van der Waals surface area (Å²) in [5.41, 5.74) is 4.64. The van der Waals surface area contributed by atoms with E-state index in [1.54, 1.807) is 4.90 Å². The minimum absolute atomic E-state index is 0.0257. The Balaban J connectivity index is 1.98. The second-order valence-corrected chi connectivity index (χ2v) is 10.1. The molecule has 180 valence electrons. The highest BCUT2D eigenvalue weighted by molar-refractivity contribution is 7.07. The van der Waals surface area contributed by atoms with E-state index >= 15 is 0 Å². The number of aromatic nitrogens is 1. The lowest BCUT2D eigenvalue weighted by Gasteiger charge is -2.26. The number of thiazole rings is 1. The van der Waals surface area contributed by atoms with Gasteiger partial charge in [0.15, 0.2) is 5.57 Å². The van der Waals surface area contributed by atoms with Gasteiger partial charge in [-0.3, -0.25) is 14.2 Å². The fraction of sp³-hybridized carbons (Fsp3) is 0.321. The van der Waals surface area contributed by atoms with Crippen molar-refractivity contribution in [3.05, 3.63) is 84.3 Å². The van der Waals surface area contributed by atoms with Crippen LogP contribution in [0.25, 0.3) is 17.3 Å². The van der Waals surface area contributed by atoms with E-state index < -0.39 is 0 Å². The molecule has 0 atom stereocenters. The van der Waals surface area contributed by atoms with Gasteiger partial charge in [-0.15, -0.1) is 11.3 Å². The largest absolute Gasteiger partial charge is 0.378 e. The smallest absolute Gasteiger partial charge is 0.273 e. The first-order valence-electron chi connectivity index (χ1n) is 11.7. The molecular weight excluding hydrogens is 458 g/mol. The van der Waals surface area contributed by atoms with Crippen molar-refractivity contribution >= 4 is 28.9 Å². The van der Waals surface area contributed by atoms with Gasteiger partial charge in [0.05, 0.1) is 23.4 Å². The summed E-state index contributed by atoms with van der Waals surface area (Å²) in [6, 6.07) is 15.9. The van der Waals surface area contributed by atoms with Gasteiger partial charge in [0.25, 0.3) is 11.5 Å². The predicted octanol–water partition coefficient (Wildman–Crippen LogP) is 3.00. The van der Waals surface area contributed by atoms with Gasteiger partial charge in [0.2, 0.25) is 0 Å². The maximum atomic E-state index is 13.7. The van der Waals surface area contributed by atoms with E-state index in [0.29, 0.717) is 47.1 Å². The molecule has 1 amide bonds. The topological polar surface area (TPSA) is 75.3 Å². The Morgan fingerprint density at radius 2 is 1.80 bits per heavy atom. The van der Waals surface area contributed by atoms with Crippen LogP contribution >= 0.6 is 11.3 Å². The molecule has 0 saturated carbocycles. The van der Waals surface area contributed by atoms with Crippen molar-refractivity contribution in [1.82, 2.24) is 9.47 Å². The Hall–Kier alpha value is -3.47. The van der Waals surface area contributed by atoms with Crippen molar-refractivity contribution in [1.29, 1.82) is 5.26 Å². The molecule has 7 heteroatoms. The van der Waals surface area contributed by atoms with Gasteiger partial charge in [-0.2, -0.15) is 5.26 Å². The van der Waals surface area contributed by atoms with Crippen LogP contribution in [0, 0.1) is 25.2 Å². The Morgan fingerprint density at radius 1 is 1.11 bits per heavy atom. The van der Waals surface area contributed by atoms with Crippen molar-refractivity contribution in [2.24, 2.45) is 0 Å². The van der Waals surface area contributed by atoms with Crippen LogP contribution in [0.15, 0.2) is 47.3 Å². The lowest BCUT2D eigenvalue weighted by Crippen LogP contribution is -2.42. The molecule has 0 aliphatic carbocycles. The average molecular weight is 488 g/mol. The molecule has 4 rings (SSSR count). The van der Waals surface area contributed by atoms with Crippen molar-refractivity contribution < 1.29 is 9.53 Å². The Kier molecular flexibility index (Phi) is 7.34. The third kappa shape index (κ3) is 5.14. The van der Waals surface area contributed by atoms with Crippen LogP contribution in [0.4, 0.5) is 0 Å². The van der Waals surface area contributed by atoms with Crippen LogP contribution in [-0.4, -0.2) is 41.7 Å². The number of amides is 1. The zero-order chi connectivity index (χ0) is 25.1. The summed E-state index contributed by atoms with van der Waals surface area (Å²) >= 11 is 1.18. The number of aryl methyl sites for hydroxylation is 2. The molecule has 1 aliphatic heterocycles. The van der Waals surface area contributed by atoms with Gasteiger partial charge in [0, 0.05) is 13.1 Å². The number of hydrogen-bond donors (Lipinski definition) is 0. The number of benzene rings is 2. The summed E-state index contributed by atoms with van der Waals surface area (Å²) in [7, 11) is 0. The predicted molar refractivity (Wildman–Crippen MR) is 139 cm³/mol. The zero-order valence-electron chi connectivity index (χ0n) is 20.5. The van der Waals surface area contributed by atoms with Gasteiger partial charge < -0.3 is 9.64 Å². The van der Waals surface area contributed by atoms with E-state index in [-0.39, 0.29) is 17.0 Å². The highest BCUT2D eigenvalue weighted by atomic mass is 32.1. The fourth-order valence-corrected chi connectivity index (χ4v) is 5.22. The van der Waals surface area contributed by atoms with Crippen molar-refractivity contribution in [3.8, 4) is 11.8 Å². The molecule has 0 unspecified atom stereocenters. The number of ether oxygens (including phenoxy) is 1. The first-order chi connectivity index (χ1) is 16.8. The Bertz CT molecular complexity index is 1470. The van der Waals surface area contributed by atoms with Gasteiger partial charge in [-0.25, -0.2) is 0 Å². The molecule has 2 heterocycles. The first-order valence-corrected chi connectivity index (χ1v) is 12.5. The summed E-state index contributed by atoms with van der Waals surface area (Å²) in [5.74, 6) is -0.0251. The van der Waals surface area contributed by atoms with Crippen LogP contribution in [0.1, 0.15) is 42.0 Å². The number of nitrogens with zero attached hydrogens (tertiary/aromatic N) is 3. The van der Waals surface area contributed by atoms with Crippen LogP contribution in [-0.2, 0) is 9.53 Å². The summed E-state index contributed by atoms with van der Waals surface area (Å²) in [6.45, 7) is 9.96. The van der Waals surface area contributed by atoms with Crippen LogP contribution in [0.3, 0.4) is 0 Å². The molecule has 0 bridgehead atoms. The highest BCUT2D eigenvalue weighted by Gasteiger charge is 2.24. The molecule has 2 aromatic carbocycles. The fourth-order valence-electron chi connectivity index (χ4n) is 4.13. The van der Waals surface area contributed by atoms with Crippen LogP contribution < -0.4 is 14.8 Å². The summed E-state index contributed by atoms with van der Waals surface area (Å²) in [6.07, 6.45) is 1.85. The molecule has 6 nitrogen and oxygen atoms in total. The van der Waals surface area contributed by atoms with E-state index in [1.165, 1.54) is 15.9 Å². The summed E-state index contributed by atoms with van der Waals surface area (Å²) in [4.78, 5) is 28.6. The molecule has 1 fully saturated rings. The third-order valence-electron chi connectivity index (χ3n) is 6.19. The standard InChI is InChI=1S/C28H29N3O3S/c1-18(2)21-7-9-23(10-8-21)31-27(33)25(16-22-6-5-19(3)15-20(22)4)35-28(31)24(17-29)26(32)30-11-13-34-14-12-30/h5-10,15-16,18H,11-14H2,1-4H3/b25-16+,28-24-. The van der Waals surface area contributed by atoms with Gasteiger partial charge in [-0.1, -0.05) is 49.7 Å². The van der Waals surface area contributed by atoms with Gasteiger partial charge in [0.1, 0.15) is 10.7 Å². The quantitative estimate of drug-likeness (QED) is 0.567. The second-order valence-electron chi connectivity index (χ2n) is 9.05. The summed E-state index contributed by atoms with van der Waals surface area (Å²) in [5, 5.41) is 10.0. The van der Waals surface area contributed by atoms with Crippen molar-refractivity contribution in [3.63, 3.8) is 0 Å². The number of carbonyl (C=O) groups excluding carboxylic acids is 1. The lowest BCUT2D eigenvalue weighted by atomic mass is 10.0. The molecule has 35 heavy (non-hydrogen) atoms. The molecule has 1 aliphatic rings. The number of carbonyl (C=O) groups is 1. The first kappa shape index (κ1) is 24.6. The van der Waals surface area contributed by atoms with E-state index in [9.17, 15) is 14.9 Å². The van der Waals surface area contributed by atoms with Crippen LogP contribution in [0.2, 0.25) is 0 Å². The van der Waals surface area contributed by atoms with Crippen molar-refractivity contribution in [2.45, 2.75) is 33.6 Å². The number of rotatable bonds is 4. The maximum absolute atomic E-state index is 13.7. The van der Waals surface area contributed by atoms with E-state index in [2.05, 4.69) is 26.0 Å². The molecule has 1 saturated heterocycles. The van der Waals surface area contributed by atoms with Crippen molar-refractivity contribution in [2.75, 3.05) is 26.3 Å². The average Bonchev–Trinajstić information content (AvgIpc) is 3.17. The Labute approximate surface area is 209 Å². The molecule has 3 aromatic rings. The molecule has 0 radical (unpaired) electrons. The lowest BCUT2D eigenvalue weighted by molar-refractivity contribution is -0.128. The van der Waals surface area contributed by atoms with Gasteiger partial charge in [-0.05, 0) is 54.7 Å². The number of morpholine rings is 1. The second kappa shape index (κ2) is 10.4. The molecule has 0 spiro atoms. The monoisotopic (exact) mass is 487 g/mol. The highest BCUT2D eigenvalue weighted by Crippen LogP contribution is 2.16. The molecular formula is C28H29N3O3S. The van der Waals surface area contributed by atoms with E-state index in [4.69, 9.17) is 4.74 Å². The minimum Gasteiger partial charge on any atom is -0.378 e. The van der Waals surface area contributed by atoms with E-state index in [0.717, 1.165) is 22.3 Å². The third-order valence-corrected chi connectivity index (χ3v) is 7.28. The summed E-state index contributed by atoms with van der Waals surface area (Å²) < 4.78 is 7.68. The Morgan fingerprint density at radius 3 is 2.40 bits per heavy atom. The normalized spacial score (nSPS) is 15.3. The zero-order valence-corrected chi connectivity index (χ0v) is 21.3. The molecule has 0 N–H and O–H groups in total. The molecule has 1 aromatic heterocycles. The number of hydrogen-bond acceptors (Lipinski definition) is 5. The van der Waals surface area contributed by atoms with Crippen LogP contribution in [0.5, 0.6) is 0 Å². The number of nitriles is 1. The maximum Gasteiger partial charge on any atom is 0.273 e. The van der Waals surface area contributed by atoms with E-state index in [1.807, 2.05) is 56.3 Å². The van der Waals surface area contributed by atoms with Gasteiger partial charge >= 0.3 is 0 Å². The minimum atomic E-state index is -0.373. The SMILES string of the molecule is Cc1ccc(/C=c2/s/c(=C(/C#N)C(=O)N3CCOCC3)n(-c3ccc(C(C)C)cc3)c2=O)c(C)c1.